The molecule has 1 aromatic heterocycles. The van der Waals surface area contributed by atoms with Crippen molar-refractivity contribution in [1.29, 1.82) is 0 Å². The van der Waals surface area contributed by atoms with Crippen LogP contribution < -0.4 is 5.73 Å². The summed E-state index contributed by atoms with van der Waals surface area (Å²) in [5, 5.41) is 1.34. The third kappa shape index (κ3) is 1.96. The molecule has 0 atom stereocenters. The van der Waals surface area contributed by atoms with Crippen LogP contribution in [0.3, 0.4) is 0 Å². The van der Waals surface area contributed by atoms with Crippen molar-refractivity contribution in [2.24, 2.45) is 7.05 Å². The van der Waals surface area contributed by atoms with Crippen molar-refractivity contribution < 1.29 is 4.79 Å². The minimum atomic E-state index is -0.0521. The van der Waals surface area contributed by atoms with E-state index in [0.717, 1.165) is 10.9 Å². The molecule has 20 heavy (non-hydrogen) atoms. The van der Waals surface area contributed by atoms with Gasteiger partial charge in [-0.1, -0.05) is 29.8 Å². The molecule has 0 bridgehead atoms. The normalized spacial score (nSPS) is 10.9. The molecule has 0 amide bonds. The zero-order chi connectivity index (χ0) is 14.3. The SMILES string of the molecule is Cn1cc(C(=O)c2ccc(N)c(Cl)c2)c2ccccc21. The molecular weight excluding hydrogens is 272 g/mol. The number of nitrogen functional groups attached to an aromatic ring is 1. The number of fused-ring (bicyclic) bond motifs is 1. The number of carbonyl (C=O) groups is 1. The van der Waals surface area contributed by atoms with Gasteiger partial charge in [-0.2, -0.15) is 0 Å². The predicted molar refractivity (Wildman–Crippen MR) is 82.2 cm³/mol. The summed E-state index contributed by atoms with van der Waals surface area (Å²) in [6, 6.07) is 12.8. The van der Waals surface area contributed by atoms with E-state index in [9.17, 15) is 4.79 Å². The molecule has 0 unspecified atom stereocenters. The van der Waals surface area contributed by atoms with E-state index in [1.165, 1.54) is 0 Å². The van der Waals surface area contributed by atoms with Crippen molar-refractivity contribution in [1.82, 2.24) is 4.57 Å². The lowest BCUT2D eigenvalue weighted by atomic mass is 10.0. The minimum Gasteiger partial charge on any atom is -0.398 e. The molecule has 0 fully saturated rings. The molecule has 0 aliphatic heterocycles. The lowest BCUT2D eigenvalue weighted by Gasteiger charge is -2.02. The molecule has 0 spiro atoms. The van der Waals surface area contributed by atoms with E-state index in [1.54, 1.807) is 18.2 Å². The van der Waals surface area contributed by atoms with Crippen molar-refractivity contribution >= 4 is 34.0 Å². The molecule has 0 aliphatic rings. The standard InChI is InChI=1S/C16H13ClN2O/c1-19-9-12(11-4-2-3-5-15(11)19)16(20)10-6-7-14(18)13(17)8-10/h2-9H,18H2,1H3. The van der Waals surface area contributed by atoms with Crippen molar-refractivity contribution in [2.45, 2.75) is 0 Å². The number of nitrogens with zero attached hydrogens (tertiary/aromatic N) is 1. The predicted octanol–water partition coefficient (Wildman–Crippen LogP) is 3.64. The number of anilines is 1. The molecule has 0 saturated heterocycles. The van der Waals surface area contributed by atoms with Crippen LogP contribution in [0.1, 0.15) is 15.9 Å². The summed E-state index contributed by atoms with van der Waals surface area (Å²) >= 11 is 5.99. The number of aromatic nitrogens is 1. The second-order valence-corrected chi connectivity index (χ2v) is 5.14. The molecule has 2 aromatic carbocycles. The van der Waals surface area contributed by atoms with Crippen LogP contribution in [0.2, 0.25) is 5.02 Å². The summed E-state index contributed by atoms with van der Waals surface area (Å²) in [5.41, 5.74) is 8.39. The maximum Gasteiger partial charge on any atom is 0.195 e. The van der Waals surface area contributed by atoms with Gasteiger partial charge in [-0.05, 0) is 24.3 Å². The van der Waals surface area contributed by atoms with Crippen LogP contribution in [0, 0.1) is 0 Å². The molecule has 0 saturated carbocycles. The number of para-hydroxylation sites is 1. The lowest BCUT2D eigenvalue weighted by Crippen LogP contribution is -2.01. The van der Waals surface area contributed by atoms with E-state index in [1.807, 2.05) is 42.1 Å². The van der Waals surface area contributed by atoms with Gasteiger partial charge in [0.05, 0.1) is 10.7 Å². The Labute approximate surface area is 121 Å². The summed E-state index contributed by atoms with van der Waals surface area (Å²) in [7, 11) is 1.93. The molecule has 100 valence electrons. The Morgan fingerprint density at radius 2 is 1.95 bits per heavy atom. The topological polar surface area (TPSA) is 48.0 Å². The number of rotatable bonds is 2. The van der Waals surface area contributed by atoms with Gasteiger partial charge < -0.3 is 10.3 Å². The summed E-state index contributed by atoms with van der Waals surface area (Å²) in [6.07, 6.45) is 1.84. The van der Waals surface area contributed by atoms with E-state index >= 15 is 0 Å². The van der Waals surface area contributed by atoms with Gasteiger partial charge in [-0.25, -0.2) is 0 Å². The highest BCUT2D eigenvalue weighted by Gasteiger charge is 2.16. The van der Waals surface area contributed by atoms with Gasteiger partial charge >= 0.3 is 0 Å². The van der Waals surface area contributed by atoms with Gasteiger partial charge in [-0.3, -0.25) is 4.79 Å². The highest BCUT2D eigenvalue weighted by Crippen LogP contribution is 2.25. The second kappa shape index (κ2) is 4.69. The second-order valence-electron chi connectivity index (χ2n) is 4.74. The lowest BCUT2D eigenvalue weighted by molar-refractivity contribution is 0.104. The van der Waals surface area contributed by atoms with Crippen molar-refractivity contribution in [3.8, 4) is 0 Å². The van der Waals surface area contributed by atoms with E-state index in [-0.39, 0.29) is 5.78 Å². The Morgan fingerprint density at radius 1 is 1.20 bits per heavy atom. The third-order valence-electron chi connectivity index (χ3n) is 3.40. The molecular formula is C16H13ClN2O. The first kappa shape index (κ1) is 12.8. The van der Waals surface area contributed by atoms with Crippen LogP contribution in [0.4, 0.5) is 5.69 Å². The Balaban J connectivity index is 2.15. The number of ketones is 1. The molecule has 3 rings (SSSR count). The van der Waals surface area contributed by atoms with Gasteiger partial charge in [0.15, 0.2) is 5.78 Å². The first-order valence-corrected chi connectivity index (χ1v) is 6.59. The van der Waals surface area contributed by atoms with E-state index in [0.29, 0.717) is 21.8 Å². The number of halogens is 1. The highest BCUT2D eigenvalue weighted by atomic mass is 35.5. The molecule has 4 heteroatoms. The van der Waals surface area contributed by atoms with Crippen LogP contribution in [0.15, 0.2) is 48.7 Å². The van der Waals surface area contributed by atoms with Crippen LogP contribution in [0.25, 0.3) is 10.9 Å². The smallest absolute Gasteiger partial charge is 0.195 e. The molecule has 0 aliphatic carbocycles. The van der Waals surface area contributed by atoms with Crippen LogP contribution in [0.5, 0.6) is 0 Å². The fourth-order valence-electron chi connectivity index (χ4n) is 2.35. The van der Waals surface area contributed by atoms with Crippen LogP contribution in [-0.4, -0.2) is 10.4 Å². The Hall–Kier alpha value is -2.26. The minimum absolute atomic E-state index is 0.0521. The Morgan fingerprint density at radius 3 is 2.70 bits per heavy atom. The fourth-order valence-corrected chi connectivity index (χ4v) is 2.53. The fraction of sp³-hybridized carbons (Fsp3) is 0.0625. The zero-order valence-corrected chi connectivity index (χ0v) is 11.7. The summed E-state index contributed by atoms with van der Waals surface area (Å²) in [4.78, 5) is 12.6. The maximum absolute atomic E-state index is 12.6. The average Bonchev–Trinajstić information content (AvgIpc) is 2.79. The van der Waals surface area contributed by atoms with Crippen LogP contribution in [-0.2, 0) is 7.05 Å². The number of benzene rings is 2. The monoisotopic (exact) mass is 284 g/mol. The van der Waals surface area contributed by atoms with Crippen LogP contribution >= 0.6 is 11.6 Å². The van der Waals surface area contributed by atoms with E-state index in [4.69, 9.17) is 17.3 Å². The Bertz CT molecular complexity index is 820. The van der Waals surface area contributed by atoms with Crippen molar-refractivity contribution in [2.75, 3.05) is 5.73 Å². The highest BCUT2D eigenvalue weighted by molar-refractivity contribution is 6.33. The summed E-state index contributed by atoms with van der Waals surface area (Å²) < 4.78 is 1.95. The number of nitrogens with two attached hydrogens (primary N) is 1. The summed E-state index contributed by atoms with van der Waals surface area (Å²) in [6.45, 7) is 0. The number of aryl methyl sites for hydroxylation is 1. The largest absolute Gasteiger partial charge is 0.398 e. The van der Waals surface area contributed by atoms with Gasteiger partial charge in [0.2, 0.25) is 0 Å². The maximum atomic E-state index is 12.6. The molecule has 3 aromatic rings. The van der Waals surface area contributed by atoms with Gasteiger partial charge in [0.1, 0.15) is 0 Å². The number of carbonyl (C=O) groups excluding carboxylic acids is 1. The number of hydrogen-bond acceptors (Lipinski definition) is 2. The van der Waals surface area contributed by atoms with Gasteiger partial charge in [0.25, 0.3) is 0 Å². The van der Waals surface area contributed by atoms with Gasteiger partial charge in [-0.15, -0.1) is 0 Å². The summed E-state index contributed by atoms with van der Waals surface area (Å²) in [5.74, 6) is -0.0521. The van der Waals surface area contributed by atoms with Crippen molar-refractivity contribution in [3.63, 3.8) is 0 Å². The van der Waals surface area contributed by atoms with Gasteiger partial charge in [0, 0.05) is 35.3 Å². The van der Waals surface area contributed by atoms with E-state index < -0.39 is 0 Å². The third-order valence-corrected chi connectivity index (χ3v) is 3.73. The zero-order valence-electron chi connectivity index (χ0n) is 10.9. The molecule has 3 nitrogen and oxygen atoms in total. The quantitative estimate of drug-likeness (QED) is 0.577. The van der Waals surface area contributed by atoms with Crippen molar-refractivity contribution in [3.05, 3.63) is 64.8 Å². The van der Waals surface area contributed by atoms with E-state index in [2.05, 4.69) is 0 Å². The molecule has 0 radical (unpaired) electrons. The first-order chi connectivity index (χ1) is 9.58. The Kier molecular flexibility index (Phi) is 2.99. The number of hydrogen-bond donors (Lipinski definition) is 1. The first-order valence-electron chi connectivity index (χ1n) is 6.21. The average molecular weight is 285 g/mol. The molecule has 1 heterocycles. The molecule has 2 N–H and O–H groups in total.